The molecule has 0 radical (unpaired) electrons. The molecule has 3 N–H and O–H groups in total. The van der Waals surface area contributed by atoms with Gasteiger partial charge in [0.1, 0.15) is 0 Å². The summed E-state index contributed by atoms with van der Waals surface area (Å²) < 4.78 is 6.07. The van der Waals surface area contributed by atoms with E-state index >= 15 is 0 Å². The van der Waals surface area contributed by atoms with Crippen LogP contribution in [0, 0.1) is 22.7 Å². The average Bonchev–Trinajstić information content (AvgIpc) is 2.23. The van der Waals surface area contributed by atoms with Crippen molar-refractivity contribution in [2.24, 2.45) is 22.7 Å². The second kappa shape index (κ2) is 4.22. The van der Waals surface area contributed by atoms with E-state index in [1.54, 1.807) is 0 Å². The Balaban J connectivity index is 1.74. The van der Waals surface area contributed by atoms with Crippen LogP contribution in [-0.2, 0) is 4.74 Å². The van der Waals surface area contributed by atoms with Gasteiger partial charge in [-0.1, -0.05) is 27.7 Å². The molecule has 6 atom stereocenters. The minimum Gasteiger partial charge on any atom is -0.392 e. The lowest BCUT2D eigenvalue weighted by Gasteiger charge is -2.84. The van der Waals surface area contributed by atoms with Gasteiger partial charge >= 0.3 is 0 Å². The number of rotatable bonds is 5. The molecule has 0 aromatic rings. The molecular formula is C17H30O4. The van der Waals surface area contributed by atoms with E-state index in [4.69, 9.17) is 4.74 Å². The molecular weight excluding hydrogens is 268 g/mol. The lowest BCUT2D eigenvalue weighted by Crippen LogP contribution is -2.91. The van der Waals surface area contributed by atoms with Crippen LogP contribution in [0.3, 0.4) is 0 Å². The summed E-state index contributed by atoms with van der Waals surface area (Å²) in [4.78, 5) is 0. The van der Waals surface area contributed by atoms with Crippen molar-refractivity contribution in [1.29, 1.82) is 0 Å². The SMILES string of the molecule is CC(C)CC(C)(C)C(O)OC1(C)CC2CC3(O)CC(O)C231. The van der Waals surface area contributed by atoms with Crippen molar-refractivity contribution in [2.75, 3.05) is 0 Å². The van der Waals surface area contributed by atoms with Gasteiger partial charge in [0, 0.05) is 11.8 Å². The quantitative estimate of drug-likeness (QED) is 0.680. The first-order valence-corrected chi connectivity index (χ1v) is 8.25. The highest BCUT2D eigenvalue weighted by Gasteiger charge is 2.88. The topological polar surface area (TPSA) is 69.9 Å². The van der Waals surface area contributed by atoms with Crippen LogP contribution < -0.4 is 0 Å². The molecule has 4 nitrogen and oxygen atoms in total. The maximum absolute atomic E-state index is 10.6. The Hall–Kier alpha value is -0.160. The fraction of sp³-hybridized carbons (Fsp3) is 1.00. The van der Waals surface area contributed by atoms with Crippen LogP contribution in [0.4, 0.5) is 0 Å². The van der Waals surface area contributed by atoms with Gasteiger partial charge in [-0.05, 0) is 38.0 Å². The van der Waals surface area contributed by atoms with Gasteiger partial charge < -0.3 is 20.1 Å². The van der Waals surface area contributed by atoms with E-state index in [1.165, 1.54) is 0 Å². The van der Waals surface area contributed by atoms with Crippen molar-refractivity contribution in [1.82, 2.24) is 0 Å². The first-order chi connectivity index (χ1) is 9.48. The summed E-state index contributed by atoms with van der Waals surface area (Å²) in [6.07, 6.45) is 1.54. The first kappa shape index (κ1) is 15.7. The molecule has 0 aliphatic heterocycles. The van der Waals surface area contributed by atoms with Crippen molar-refractivity contribution in [3.63, 3.8) is 0 Å². The van der Waals surface area contributed by atoms with Crippen molar-refractivity contribution in [3.05, 3.63) is 0 Å². The number of hydrogen-bond donors (Lipinski definition) is 3. The second-order valence-corrected chi connectivity index (χ2v) is 9.01. The highest BCUT2D eigenvalue weighted by atomic mass is 16.6. The number of aliphatic hydroxyl groups excluding tert-OH is 2. The summed E-state index contributed by atoms with van der Waals surface area (Å²) in [6, 6.07) is 0. The van der Waals surface area contributed by atoms with Crippen LogP contribution in [0.15, 0.2) is 0 Å². The molecule has 3 rings (SSSR count). The van der Waals surface area contributed by atoms with E-state index in [0.717, 1.165) is 19.3 Å². The molecule has 1 spiro atoms. The predicted octanol–water partition coefficient (Wildman–Crippen LogP) is 2.06. The zero-order valence-electron chi connectivity index (χ0n) is 13.9. The van der Waals surface area contributed by atoms with Gasteiger partial charge in [0.2, 0.25) is 0 Å². The number of aliphatic hydroxyl groups is 3. The summed E-state index contributed by atoms with van der Waals surface area (Å²) in [5, 5.41) is 31.4. The van der Waals surface area contributed by atoms with Gasteiger partial charge in [0.05, 0.1) is 22.7 Å². The van der Waals surface area contributed by atoms with Crippen molar-refractivity contribution in [3.8, 4) is 0 Å². The standard InChI is InChI=1S/C17H30O4/c1-10(2)6-14(3,4)13(19)21-15(5)7-11-8-16(20)9-12(18)17(11,15)16/h10-13,18-20H,6-9H2,1-5H3. The van der Waals surface area contributed by atoms with Crippen molar-refractivity contribution in [2.45, 2.75) is 83.9 Å². The summed E-state index contributed by atoms with van der Waals surface area (Å²) in [7, 11) is 0. The lowest BCUT2D eigenvalue weighted by atomic mass is 9.25. The van der Waals surface area contributed by atoms with E-state index in [-0.39, 0.29) is 5.41 Å². The van der Waals surface area contributed by atoms with Crippen LogP contribution in [0.1, 0.15) is 60.3 Å². The molecule has 0 amide bonds. The Bertz CT molecular complexity index is 436. The van der Waals surface area contributed by atoms with Gasteiger partial charge in [0.15, 0.2) is 6.29 Å². The van der Waals surface area contributed by atoms with E-state index in [0.29, 0.717) is 18.3 Å². The third-order valence-electron chi connectivity index (χ3n) is 6.54. The van der Waals surface area contributed by atoms with Gasteiger partial charge in [-0.2, -0.15) is 0 Å². The van der Waals surface area contributed by atoms with Crippen LogP contribution in [0.5, 0.6) is 0 Å². The summed E-state index contributed by atoms with van der Waals surface area (Å²) in [6.45, 7) is 10.2. The molecule has 3 fully saturated rings. The minimum absolute atomic E-state index is 0.338. The molecule has 0 saturated heterocycles. The number of ether oxygens (including phenoxy) is 1. The highest BCUT2D eigenvalue weighted by molar-refractivity contribution is 5.37. The van der Waals surface area contributed by atoms with Crippen molar-refractivity contribution >= 4 is 0 Å². The molecule has 21 heavy (non-hydrogen) atoms. The molecule has 4 heteroatoms. The van der Waals surface area contributed by atoms with Gasteiger partial charge in [0.25, 0.3) is 0 Å². The minimum atomic E-state index is -0.877. The maximum atomic E-state index is 10.6. The van der Waals surface area contributed by atoms with E-state index in [2.05, 4.69) is 13.8 Å². The fourth-order valence-electron chi connectivity index (χ4n) is 5.89. The van der Waals surface area contributed by atoms with E-state index in [9.17, 15) is 15.3 Å². The smallest absolute Gasteiger partial charge is 0.160 e. The molecule has 0 bridgehead atoms. The Kier molecular flexibility index (Phi) is 3.16. The monoisotopic (exact) mass is 298 g/mol. The molecule has 0 aromatic heterocycles. The van der Waals surface area contributed by atoms with Crippen LogP contribution in [0.25, 0.3) is 0 Å². The zero-order valence-corrected chi connectivity index (χ0v) is 13.9. The van der Waals surface area contributed by atoms with Gasteiger partial charge in [-0.25, -0.2) is 0 Å². The summed E-state index contributed by atoms with van der Waals surface area (Å²) in [5.41, 5.74) is -2.26. The molecule has 3 saturated carbocycles. The van der Waals surface area contributed by atoms with Crippen molar-refractivity contribution < 1.29 is 20.1 Å². The van der Waals surface area contributed by atoms with Crippen LogP contribution >= 0.6 is 0 Å². The molecule has 3 aliphatic rings. The zero-order chi connectivity index (χ0) is 15.8. The Morgan fingerprint density at radius 2 is 1.86 bits per heavy atom. The lowest BCUT2D eigenvalue weighted by molar-refractivity contribution is -0.470. The molecule has 0 aromatic carbocycles. The van der Waals surface area contributed by atoms with Crippen LogP contribution in [0.2, 0.25) is 0 Å². The third kappa shape index (κ3) is 1.71. The summed E-state index contributed by atoms with van der Waals surface area (Å²) >= 11 is 0. The molecule has 3 aliphatic carbocycles. The molecule has 0 heterocycles. The first-order valence-electron chi connectivity index (χ1n) is 8.25. The Labute approximate surface area is 127 Å². The van der Waals surface area contributed by atoms with Crippen LogP contribution in [-0.4, -0.2) is 38.9 Å². The largest absolute Gasteiger partial charge is 0.392 e. The molecule has 6 unspecified atom stereocenters. The normalized spacial score (nSPS) is 49.6. The van der Waals surface area contributed by atoms with E-state index < -0.39 is 29.0 Å². The van der Waals surface area contributed by atoms with Gasteiger partial charge in [-0.3, -0.25) is 0 Å². The molecule has 122 valence electrons. The number of hydrogen-bond acceptors (Lipinski definition) is 4. The fourth-order valence-corrected chi connectivity index (χ4v) is 5.89. The van der Waals surface area contributed by atoms with E-state index in [1.807, 2.05) is 20.8 Å². The third-order valence-corrected chi connectivity index (χ3v) is 6.54. The predicted molar refractivity (Wildman–Crippen MR) is 79.5 cm³/mol. The Morgan fingerprint density at radius 3 is 2.29 bits per heavy atom. The maximum Gasteiger partial charge on any atom is 0.160 e. The highest BCUT2D eigenvalue weighted by Crippen LogP contribution is 2.81. The Morgan fingerprint density at radius 1 is 1.24 bits per heavy atom. The average molecular weight is 298 g/mol. The van der Waals surface area contributed by atoms with Gasteiger partial charge in [-0.15, -0.1) is 0 Å². The second-order valence-electron chi connectivity index (χ2n) is 9.01. The summed E-state index contributed by atoms with van der Waals surface area (Å²) in [5.74, 6) is 0.824.